The van der Waals surface area contributed by atoms with Crippen molar-refractivity contribution in [3.63, 3.8) is 0 Å². The van der Waals surface area contributed by atoms with Gasteiger partial charge in [0, 0.05) is 38.8 Å². The molecule has 2 aliphatic heterocycles. The molecule has 0 N–H and O–H groups in total. The molecule has 0 radical (unpaired) electrons. The molecular weight excluding hydrogens is 286 g/mol. The zero-order valence-electron chi connectivity index (χ0n) is 12.1. The number of carbonyl (C=O) groups excluding carboxylic acids is 4. The fourth-order valence-electron chi connectivity index (χ4n) is 2.71. The second-order valence-electron chi connectivity index (χ2n) is 5.36. The van der Waals surface area contributed by atoms with Crippen molar-refractivity contribution in [2.45, 2.75) is 0 Å². The number of fused-ring (bicyclic) bond motifs is 1. The Bertz CT molecular complexity index is 677. The molecule has 22 heavy (non-hydrogen) atoms. The average Bonchev–Trinajstić information content (AvgIpc) is 2.78. The standard InChI is InChI=1S/C15H15N3O4/c1-16-14(21)11-3-2-10(8-12(11)15(16)22)13(20)18-6-4-17(9-19)5-7-18/h2-3,8-9H,4-7H2,1H3. The number of hydrogen-bond donors (Lipinski definition) is 0. The summed E-state index contributed by atoms with van der Waals surface area (Å²) in [5.41, 5.74) is 0.981. The van der Waals surface area contributed by atoms with E-state index in [-0.39, 0.29) is 23.3 Å². The Balaban J connectivity index is 1.82. The summed E-state index contributed by atoms with van der Waals surface area (Å²) in [4.78, 5) is 51.3. The summed E-state index contributed by atoms with van der Waals surface area (Å²) in [6.07, 6.45) is 0.775. The minimum absolute atomic E-state index is 0.192. The minimum atomic E-state index is -0.388. The molecule has 0 unspecified atom stereocenters. The van der Waals surface area contributed by atoms with Crippen LogP contribution in [0.2, 0.25) is 0 Å². The number of carbonyl (C=O) groups is 4. The van der Waals surface area contributed by atoms with Crippen molar-refractivity contribution in [1.82, 2.24) is 14.7 Å². The molecule has 0 aromatic heterocycles. The first-order valence-electron chi connectivity index (χ1n) is 6.98. The lowest BCUT2D eigenvalue weighted by atomic mass is 10.0. The van der Waals surface area contributed by atoms with Gasteiger partial charge in [-0.3, -0.25) is 24.1 Å². The molecular formula is C15H15N3O4. The number of amides is 4. The number of nitrogens with zero attached hydrogens (tertiary/aromatic N) is 3. The van der Waals surface area contributed by atoms with Crippen LogP contribution in [-0.4, -0.2) is 72.1 Å². The molecule has 2 aliphatic rings. The highest BCUT2D eigenvalue weighted by molar-refractivity contribution is 6.21. The van der Waals surface area contributed by atoms with Crippen molar-refractivity contribution >= 4 is 24.1 Å². The molecule has 2 heterocycles. The van der Waals surface area contributed by atoms with Crippen LogP contribution in [-0.2, 0) is 4.79 Å². The Morgan fingerprint density at radius 1 is 1.05 bits per heavy atom. The topological polar surface area (TPSA) is 78.0 Å². The largest absolute Gasteiger partial charge is 0.342 e. The molecule has 4 amide bonds. The van der Waals surface area contributed by atoms with Crippen LogP contribution in [0.25, 0.3) is 0 Å². The number of rotatable bonds is 2. The van der Waals surface area contributed by atoms with Crippen molar-refractivity contribution < 1.29 is 19.2 Å². The molecule has 0 spiro atoms. The van der Waals surface area contributed by atoms with E-state index in [0.29, 0.717) is 37.3 Å². The fourth-order valence-corrected chi connectivity index (χ4v) is 2.71. The molecule has 7 heteroatoms. The molecule has 0 saturated carbocycles. The van der Waals surface area contributed by atoms with E-state index in [1.54, 1.807) is 15.9 Å². The predicted molar refractivity (Wildman–Crippen MR) is 76.4 cm³/mol. The Morgan fingerprint density at radius 3 is 2.32 bits per heavy atom. The van der Waals surface area contributed by atoms with Gasteiger partial charge < -0.3 is 9.80 Å². The van der Waals surface area contributed by atoms with Gasteiger partial charge in [0.25, 0.3) is 17.7 Å². The highest BCUT2D eigenvalue weighted by Gasteiger charge is 2.33. The van der Waals surface area contributed by atoms with E-state index in [2.05, 4.69) is 0 Å². The second-order valence-corrected chi connectivity index (χ2v) is 5.36. The quantitative estimate of drug-likeness (QED) is 0.561. The maximum Gasteiger partial charge on any atom is 0.261 e. The third kappa shape index (κ3) is 2.14. The molecule has 0 aliphatic carbocycles. The lowest BCUT2D eigenvalue weighted by Crippen LogP contribution is -2.48. The van der Waals surface area contributed by atoms with Crippen LogP contribution in [0.5, 0.6) is 0 Å². The first-order chi connectivity index (χ1) is 10.5. The highest BCUT2D eigenvalue weighted by atomic mass is 16.2. The summed E-state index contributed by atoms with van der Waals surface area (Å²) in [7, 11) is 1.42. The lowest BCUT2D eigenvalue weighted by Gasteiger charge is -2.32. The summed E-state index contributed by atoms with van der Waals surface area (Å²) in [5.74, 6) is -0.929. The highest BCUT2D eigenvalue weighted by Crippen LogP contribution is 2.23. The maximum absolute atomic E-state index is 12.5. The molecule has 1 aromatic rings. The van der Waals surface area contributed by atoms with E-state index in [9.17, 15) is 19.2 Å². The van der Waals surface area contributed by atoms with Crippen molar-refractivity contribution in [3.05, 3.63) is 34.9 Å². The summed E-state index contributed by atoms with van der Waals surface area (Å²) in [5, 5.41) is 0. The molecule has 1 saturated heterocycles. The van der Waals surface area contributed by atoms with E-state index >= 15 is 0 Å². The Hall–Kier alpha value is -2.70. The van der Waals surface area contributed by atoms with Gasteiger partial charge in [0.2, 0.25) is 6.41 Å². The van der Waals surface area contributed by atoms with Gasteiger partial charge in [-0.2, -0.15) is 0 Å². The van der Waals surface area contributed by atoms with Crippen LogP contribution in [0, 0.1) is 0 Å². The summed E-state index contributed by atoms with van der Waals surface area (Å²) >= 11 is 0. The van der Waals surface area contributed by atoms with Gasteiger partial charge in [0.05, 0.1) is 11.1 Å². The molecule has 0 atom stereocenters. The molecule has 1 fully saturated rings. The fraction of sp³-hybridized carbons (Fsp3) is 0.333. The van der Waals surface area contributed by atoms with Crippen molar-refractivity contribution in [3.8, 4) is 0 Å². The lowest BCUT2D eigenvalue weighted by molar-refractivity contribution is -0.119. The first-order valence-corrected chi connectivity index (χ1v) is 6.98. The average molecular weight is 301 g/mol. The minimum Gasteiger partial charge on any atom is -0.342 e. The third-order valence-corrected chi connectivity index (χ3v) is 4.09. The Labute approximate surface area is 127 Å². The van der Waals surface area contributed by atoms with Crippen molar-refractivity contribution in [1.29, 1.82) is 0 Å². The number of hydrogen-bond acceptors (Lipinski definition) is 4. The zero-order chi connectivity index (χ0) is 15.9. The van der Waals surface area contributed by atoms with Gasteiger partial charge in [-0.15, -0.1) is 0 Å². The maximum atomic E-state index is 12.5. The summed E-state index contributed by atoms with van der Waals surface area (Å²) < 4.78 is 0. The van der Waals surface area contributed by atoms with Crippen molar-refractivity contribution in [2.75, 3.05) is 33.2 Å². The van der Waals surface area contributed by atoms with Gasteiger partial charge >= 0.3 is 0 Å². The van der Waals surface area contributed by atoms with E-state index < -0.39 is 0 Å². The van der Waals surface area contributed by atoms with Crippen LogP contribution < -0.4 is 0 Å². The Morgan fingerprint density at radius 2 is 1.68 bits per heavy atom. The van der Waals surface area contributed by atoms with Crippen LogP contribution in [0.1, 0.15) is 31.1 Å². The zero-order valence-corrected chi connectivity index (χ0v) is 12.1. The van der Waals surface area contributed by atoms with E-state index in [1.165, 1.54) is 19.2 Å². The van der Waals surface area contributed by atoms with Crippen LogP contribution in [0.15, 0.2) is 18.2 Å². The molecule has 1 aromatic carbocycles. The number of benzene rings is 1. The van der Waals surface area contributed by atoms with E-state index in [1.807, 2.05) is 0 Å². The van der Waals surface area contributed by atoms with Crippen molar-refractivity contribution in [2.24, 2.45) is 0 Å². The van der Waals surface area contributed by atoms with Gasteiger partial charge in [-0.25, -0.2) is 0 Å². The van der Waals surface area contributed by atoms with Gasteiger partial charge in [0.1, 0.15) is 0 Å². The molecule has 7 nitrogen and oxygen atoms in total. The first kappa shape index (κ1) is 14.2. The molecule has 3 rings (SSSR count). The third-order valence-electron chi connectivity index (χ3n) is 4.09. The normalized spacial score (nSPS) is 17.8. The smallest absolute Gasteiger partial charge is 0.261 e. The number of piperazine rings is 1. The van der Waals surface area contributed by atoms with Crippen LogP contribution in [0.3, 0.4) is 0 Å². The summed E-state index contributed by atoms with van der Waals surface area (Å²) in [6, 6.07) is 4.57. The Kier molecular flexibility index (Phi) is 3.40. The summed E-state index contributed by atoms with van der Waals surface area (Å²) in [6.45, 7) is 1.92. The molecule has 114 valence electrons. The SMILES string of the molecule is CN1C(=O)c2ccc(C(=O)N3CCN(C=O)CC3)cc2C1=O. The number of imide groups is 1. The predicted octanol–water partition coefficient (Wildman–Crippen LogP) is -0.173. The van der Waals surface area contributed by atoms with Gasteiger partial charge in [-0.05, 0) is 18.2 Å². The second kappa shape index (κ2) is 5.25. The monoisotopic (exact) mass is 301 g/mol. The van der Waals surface area contributed by atoms with Gasteiger partial charge in [-0.1, -0.05) is 0 Å². The van der Waals surface area contributed by atoms with E-state index in [4.69, 9.17) is 0 Å². The van der Waals surface area contributed by atoms with Gasteiger partial charge in [0.15, 0.2) is 0 Å². The van der Waals surface area contributed by atoms with Crippen LogP contribution >= 0.6 is 0 Å². The molecule has 0 bridgehead atoms. The van der Waals surface area contributed by atoms with Crippen LogP contribution in [0.4, 0.5) is 0 Å². The van der Waals surface area contributed by atoms with E-state index in [0.717, 1.165) is 11.3 Å².